The first-order chi connectivity index (χ1) is 12.4. The molecule has 5 heteroatoms. The molecule has 2 aliphatic heterocycles. The van der Waals surface area contributed by atoms with Crippen molar-refractivity contribution < 1.29 is 23.9 Å². The molecule has 2 heterocycles. The fraction of sp³-hybridized carbons (Fsp3) is 0.571. The zero-order valence-electron chi connectivity index (χ0n) is 15.7. The molecule has 0 aromatic carbocycles. The molecule has 1 aliphatic carbocycles. The first-order valence-corrected chi connectivity index (χ1v) is 9.42. The molecule has 0 aromatic rings. The molecule has 5 nitrogen and oxygen atoms in total. The summed E-state index contributed by atoms with van der Waals surface area (Å²) in [6.45, 7) is 5.79. The van der Waals surface area contributed by atoms with Crippen molar-refractivity contribution in [2.75, 3.05) is 6.61 Å². The summed E-state index contributed by atoms with van der Waals surface area (Å²) in [6, 6.07) is 0. The van der Waals surface area contributed by atoms with E-state index in [1.165, 1.54) is 0 Å². The molecule has 0 bridgehead atoms. The van der Waals surface area contributed by atoms with E-state index < -0.39 is 23.4 Å². The van der Waals surface area contributed by atoms with Crippen LogP contribution in [0, 0.1) is 11.8 Å². The van der Waals surface area contributed by atoms with Crippen molar-refractivity contribution >= 4 is 17.5 Å². The number of carbonyl (C=O) groups is 3. The number of rotatable bonds is 6. The number of esters is 1. The number of unbranched alkanes of at least 4 members (excludes halogenated alkanes) is 2. The van der Waals surface area contributed by atoms with Crippen LogP contribution < -0.4 is 0 Å². The van der Waals surface area contributed by atoms with Crippen LogP contribution in [0.2, 0.25) is 0 Å². The van der Waals surface area contributed by atoms with Crippen LogP contribution in [0.1, 0.15) is 52.9 Å². The Balaban J connectivity index is 1.89. The average molecular weight is 358 g/mol. The van der Waals surface area contributed by atoms with Gasteiger partial charge in [0.2, 0.25) is 5.78 Å². The Labute approximate surface area is 154 Å². The number of fused-ring (bicyclic) bond motifs is 1. The van der Waals surface area contributed by atoms with Crippen molar-refractivity contribution in [3.05, 3.63) is 35.1 Å². The molecular formula is C21H26O5. The van der Waals surface area contributed by atoms with Gasteiger partial charge in [-0.3, -0.25) is 14.4 Å². The van der Waals surface area contributed by atoms with E-state index >= 15 is 0 Å². The third kappa shape index (κ3) is 3.04. The maximum Gasteiger partial charge on any atom is 0.317 e. The van der Waals surface area contributed by atoms with Gasteiger partial charge in [-0.1, -0.05) is 25.8 Å². The lowest BCUT2D eigenvalue weighted by Crippen LogP contribution is -2.48. The van der Waals surface area contributed by atoms with Crippen LogP contribution >= 0.6 is 0 Å². The van der Waals surface area contributed by atoms with Gasteiger partial charge < -0.3 is 9.47 Å². The minimum atomic E-state index is -1.25. The first-order valence-electron chi connectivity index (χ1n) is 9.42. The maximum absolute atomic E-state index is 13.0. The van der Waals surface area contributed by atoms with Gasteiger partial charge in [-0.2, -0.15) is 0 Å². The van der Waals surface area contributed by atoms with Gasteiger partial charge in [0, 0.05) is 17.9 Å². The van der Waals surface area contributed by atoms with Crippen LogP contribution in [-0.2, 0) is 23.9 Å². The molecule has 140 valence electrons. The summed E-state index contributed by atoms with van der Waals surface area (Å²) >= 11 is 0. The summed E-state index contributed by atoms with van der Waals surface area (Å²) in [6.07, 6.45) is 9.13. The van der Waals surface area contributed by atoms with Crippen LogP contribution in [-0.4, -0.2) is 29.7 Å². The smallest absolute Gasteiger partial charge is 0.317 e. The summed E-state index contributed by atoms with van der Waals surface area (Å²) in [7, 11) is 0. The molecule has 1 saturated heterocycles. The quantitative estimate of drug-likeness (QED) is 0.413. The van der Waals surface area contributed by atoms with Gasteiger partial charge >= 0.3 is 5.97 Å². The Morgan fingerprint density at radius 3 is 2.81 bits per heavy atom. The van der Waals surface area contributed by atoms with Gasteiger partial charge in [-0.05, 0) is 44.4 Å². The maximum atomic E-state index is 13.0. The average Bonchev–Trinajstić information content (AvgIpc) is 2.86. The predicted octanol–water partition coefficient (Wildman–Crippen LogP) is 3.44. The predicted molar refractivity (Wildman–Crippen MR) is 96.1 cm³/mol. The van der Waals surface area contributed by atoms with Gasteiger partial charge in [0.1, 0.15) is 24.1 Å². The van der Waals surface area contributed by atoms with Crippen LogP contribution in [0.5, 0.6) is 0 Å². The highest BCUT2D eigenvalue weighted by Crippen LogP contribution is 2.48. The second-order valence-corrected chi connectivity index (χ2v) is 7.41. The van der Waals surface area contributed by atoms with Crippen molar-refractivity contribution in [2.45, 2.75) is 58.5 Å². The monoisotopic (exact) mass is 358 g/mol. The zero-order chi connectivity index (χ0) is 18.9. The SMILES string of the molecule is CC=CC1=CC2=C(CO1)C(=O)[C@]1(C)OC(=O)C(C(=O)CCCCC)C1C2. The van der Waals surface area contributed by atoms with Crippen LogP contribution in [0.3, 0.4) is 0 Å². The Hall–Kier alpha value is -2.17. The largest absolute Gasteiger partial charge is 0.489 e. The zero-order valence-corrected chi connectivity index (χ0v) is 15.7. The van der Waals surface area contributed by atoms with E-state index in [4.69, 9.17) is 9.47 Å². The number of carbonyl (C=O) groups excluding carboxylic acids is 3. The lowest BCUT2D eigenvalue weighted by Gasteiger charge is -2.37. The van der Waals surface area contributed by atoms with Crippen molar-refractivity contribution in [1.29, 1.82) is 0 Å². The van der Waals surface area contributed by atoms with Crippen LogP contribution in [0.4, 0.5) is 0 Å². The van der Waals surface area contributed by atoms with Crippen molar-refractivity contribution in [3.8, 4) is 0 Å². The molecule has 2 unspecified atom stereocenters. The molecular weight excluding hydrogens is 332 g/mol. The Kier molecular flexibility index (Phi) is 5.17. The van der Waals surface area contributed by atoms with E-state index in [-0.39, 0.29) is 18.2 Å². The molecule has 0 aromatic heterocycles. The van der Waals surface area contributed by atoms with Gasteiger partial charge in [0.05, 0.1) is 0 Å². The third-order valence-electron chi connectivity index (χ3n) is 5.63. The molecule has 0 amide bonds. The Morgan fingerprint density at radius 1 is 1.35 bits per heavy atom. The molecule has 0 N–H and O–H groups in total. The van der Waals surface area contributed by atoms with Gasteiger partial charge in [0.25, 0.3) is 0 Å². The molecule has 1 fully saturated rings. The summed E-state index contributed by atoms with van der Waals surface area (Å²) in [5.74, 6) is -1.45. The van der Waals surface area contributed by atoms with E-state index in [0.29, 0.717) is 24.2 Å². The number of Topliss-reactive ketones (excluding diaryl/α,β-unsaturated/α-hetero) is 2. The van der Waals surface area contributed by atoms with Crippen LogP contribution in [0.15, 0.2) is 35.1 Å². The molecule has 0 saturated carbocycles. The lowest BCUT2D eigenvalue weighted by atomic mass is 9.67. The fourth-order valence-electron chi connectivity index (χ4n) is 4.16. The highest BCUT2D eigenvalue weighted by atomic mass is 16.6. The normalized spacial score (nSPS) is 30.7. The Bertz CT molecular complexity index is 727. The number of ether oxygens (including phenoxy) is 2. The van der Waals surface area contributed by atoms with Gasteiger partial charge in [-0.15, -0.1) is 0 Å². The second-order valence-electron chi connectivity index (χ2n) is 7.41. The van der Waals surface area contributed by atoms with E-state index in [1.54, 1.807) is 6.92 Å². The number of allylic oxidation sites excluding steroid dienone is 4. The van der Waals surface area contributed by atoms with Crippen molar-refractivity contribution in [1.82, 2.24) is 0 Å². The van der Waals surface area contributed by atoms with Crippen molar-refractivity contribution in [2.24, 2.45) is 11.8 Å². The summed E-state index contributed by atoms with van der Waals surface area (Å²) in [5, 5.41) is 0. The molecule has 0 spiro atoms. The number of ketones is 2. The molecule has 26 heavy (non-hydrogen) atoms. The van der Waals surface area contributed by atoms with E-state index in [2.05, 4.69) is 6.92 Å². The summed E-state index contributed by atoms with van der Waals surface area (Å²) in [5.41, 5.74) is 0.168. The standard InChI is InChI=1S/C21H26O5/c1-4-6-7-9-17(22)18-16-11-13-10-14(8-5-2)25-12-15(13)19(23)21(16,3)26-20(18)24/h5,8,10,16,18H,4,6-7,9,11-12H2,1-3H3/t16?,18?,21-/m1/s1. The Morgan fingerprint density at radius 2 is 2.12 bits per heavy atom. The molecule has 3 aliphatic rings. The number of hydrogen-bond acceptors (Lipinski definition) is 5. The second kappa shape index (κ2) is 7.22. The first kappa shape index (κ1) is 18.6. The molecule has 0 radical (unpaired) electrons. The van der Waals surface area contributed by atoms with E-state index in [1.807, 2.05) is 25.2 Å². The third-order valence-corrected chi connectivity index (χ3v) is 5.63. The van der Waals surface area contributed by atoms with Crippen molar-refractivity contribution in [3.63, 3.8) is 0 Å². The van der Waals surface area contributed by atoms with Gasteiger partial charge in [0.15, 0.2) is 5.60 Å². The topological polar surface area (TPSA) is 69.7 Å². The highest BCUT2D eigenvalue weighted by Gasteiger charge is 2.61. The highest BCUT2D eigenvalue weighted by molar-refractivity contribution is 6.10. The van der Waals surface area contributed by atoms with Crippen LogP contribution in [0.25, 0.3) is 0 Å². The fourth-order valence-corrected chi connectivity index (χ4v) is 4.16. The summed E-state index contributed by atoms with van der Waals surface area (Å²) < 4.78 is 11.1. The minimum absolute atomic E-state index is 0.0984. The van der Waals surface area contributed by atoms with Gasteiger partial charge in [-0.25, -0.2) is 0 Å². The number of hydrogen-bond donors (Lipinski definition) is 0. The minimum Gasteiger partial charge on any atom is -0.489 e. The molecule has 3 atom stereocenters. The molecule has 3 rings (SSSR count). The van der Waals surface area contributed by atoms with E-state index in [9.17, 15) is 14.4 Å². The van der Waals surface area contributed by atoms with E-state index in [0.717, 1.165) is 24.8 Å². The lowest BCUT2D eigenvalue weighted by molar-refractivity contribution is -0.157. The summed E-state index contributed by atoms with van der Waals surface area (Å²) in [4.78, 5) is 38.2.